The van der Waals surface area contributed by atoms with Crippen LogP contribution in [-0.4, -0.2) is 43.8 Å². The van der Waals surface area contributed by atoms with Crippen molar-refractivity contribution in [2.45, 2.75) is 51.5 Å². The minimum atomic E-state index is -0.0769. The third-order valence-corrected chi connectivity index (χ3v) is 5.98. The van der Waals surface area contributed by atoms with E-state index in [1.54, 1.807) is 37.3 Å². The molecule has 1 amide bonds. The zero-order valence-corrected chi connectivity index (χ0v) is 19.2. The smallest absolute Gasteiger partial charge is 0.225 e. The second-order valence-electron chi connectivity index (χ2n) is 8.73. The van der Waals surface area contributed by atoms with Gasteiger partial charge in [0.25, 0.3) is 0 Å². The highest BCUT2D eigenvalue weighted by Crippen LogP contribution is 2.38. The maximum atomic E-state index is 12.6. The highest BCUT2D eigenvalue weighted by molar-refractivity contribution is 6.02. The summed E-state index contributed by atoms with van der Waals surface area (Å²) in [5, 5.41) is 15.0. The van der Waals surface area contributed by atoms with Crippen LogP contribution < -0.4 is 15.4 Å². The zero-order chi connectivity index (χ0) is 23.7. The predicted octanol–water partition coefficient (Wildman–Crippen LogP) is 4.15. The van der Waals surface area contributed by atoms with Gasteiger partial charge in [-0.25, -0.2) is 9.97 Å². The number of nitrogens with zero attached hydrogens (tertiary/aromatic N) is 5. The molecule has 3 aromatic heterocycles. The minimum Gasteiger partial charge on any atom is -0.492 e. The van der Waals surface area contributed by atoms with Crippen molar-refractivity contribution in [3.63, 3.8) is 0 Å². The molecule has 2 fully saturated rings. The van der Waals surface area contributed by atoms with Crippen molar-refractivity contribution in [3.05, 3.63) is 36.3 Å². The monoisotopic (exact) mass is 461 g/mol. The van der Waals surface area contributed by atoms with E-state index < -0.39 is 0 Å². The quantitative estimate of drug-likeness (QED) is 0.432. The lowest BCUT2D eigenvalue weighted by molar-refractivity contribution is -0.116. The number of Topliss-reactive ketones (excluding diaryl/α,β-unsaturated/α-hetero) is 1. The van der Waals surface area contributed by atoms with Crippen molar-refractivity contribution in [2.24, 2.45) is 5.92 Å². The molecule has 3 heterocycles. The second-order valence-corrected chi connectivity index (χ2v) is 8.73. The van der Waals surface area contributed by atoms with Gasteiger partial charge in [-0.05, 0) is 37.7 Å². The number of pyridine rings is 2. The maximum absolute atomic E-state index is 12.6. The van der Waals surface area contributed by atoms with E-state index in [4.69, 9.17) is 4.74 Å². The Bertz CT molecular complexity index is 1230. The van der Waals surface area contributed by atoms with Crippen LogP contribution in [-0.2, 0) is 4.79 Å². The van der Waals surface area contributed by atoms with Crippen LogP contribution >= 0.6 is 0 Å². The highest BCUT2D eigenvalue weighted by atomic mass is 16.5. The summed E-state index contributed by atoms with van der Waals surface area (Å²) in [7, 11) is 1.56. The van der Waals surface area contributed by atoms with Crippen molar-refractivity contribution in [2.75, 3.05) is 17.7 Å². The summed E-state index contributed by atoms with van der Waals surface area (Å²) in [5.41, 5.74) is 2.33. The number of hydrogen-bond acceptors (Lipinski definition) is 8. The van der Waals surface area contributed by atoms with Crippen molar-refractivity contribution in [1.29, 1.82) is 0 Å². The van der Waals surface area contributed by atoms with E-state index in [9.17, 15) is 9.59 Å². The Labute approximate surface area is 197 Å². The molecular formula is C24H27N7O3. The molecule has 34 heavy (non-hydrogen) atoms. The molecule has 0 unspecified atom stereocenters. The lowest BCUT2D eigenvalue weighted by Crippen LogP contribution is -2.14. The summed E-state index contributed by atoms with van der Waals surface area (Å²) in [4.78, 5) is 35.3. The fourth-order valence-electron chi connectivity index (χ4n) is 3.77. The predicted molar refractivity (Wildman–Crippen MR) is 126 cm³/mol. The van der Waals surface area contributed by atoms with E-state index in [1.165, 1.54) is 6.20 Å². The van der Waals surface area contributed by atoms with E-state index in [0.717, 1.165) is 31.2 Å². The fourth-order valence-corrected chi connectivity index (χ4v) is 3.77. The van der Waals surface area contributed by atoms with Gasteiger partial charge in [-0.2, -0.15) is 15.0 Å². The van der Waals surface area contributed by atoms with Crippen LogP contribution in [0.2, 0.25) is 0 Å². The van der Waals surface area contributed by atoms with Crippen molar-refractivity contribution in [3.8, 4) is 17.0 Å². The van der Waals surface area contributed by atoms with E-state index in [-0.39, 0.29) is 11.7 Å². The van der Waals surface area contributed by atoms with E-state index in [0.29, 0.717) is 59.1 Å². The van der Waals surface area contributed by atoms with Gasteiger partial charge < -0.3 is 15.4 Å². The lowest BCUT2D eigenvalue weighted by Gasteiger charge is -2.16. The topological polar surface area (TPSA) is 124 Å². The van der Waals surface area contributed by atoms with Gasteiger partial charge in [0.05, 0.1) is 36.2 Å². The van der Waals surface area contributed by atoms with E-state index >= 15 is 0 Å². The van der Waals surface area contributed by atoms with E-state index in [2.05, 4.69) is 30.8 Å². The molecule has 2 saturated carbocycles. The SMILES string of the molecule is CCC(=O)c1cnc(NC(=O)CC2CC2)cc1Nc1nccc(-c2cnn(C3CC3)n2)c1OC. The highest BCUT2D eigenvalue weighted by Gasteiger charge is 2.27. The third kappa shape index (κ3) is 4.75. The molecule has 2 aliphatic rings. The molecule has 0 spiro atoms. The number of anilines is 3. The molecule has 0 bridgehead atoms. The standard InChI is InChI=1S/C24H27N7O3/c1-3-20(32)17-12-26-21(29-22(33)10-14-4-5-14)11-18(17)28-24-23(34-2)16(8-9-25-24)19-13-27-31(30-19)15-6-7-15/h8-9,11-15H,3-7,10H2,1-2H3,(H2,25,26,28,29,33). The molecule has 0 aliphatic heterocycles. The Morgan fingerprint density at radius 3 is 2.71 bits per heavy atom. The minimum absolute atomic E-state index is 0.0756. The molecule has 5 rings (SSSR count). The van der Waals surface area contributed by atoms with Crippen LogP contribution in [0.4, 0.5) is 17.3 Å². The number of methoxy groups -OCH3 is 1. The van der Waals surface area contributed by atoms with Crippen LogP contribution in [0.1, 0.15) is 61.8 Å². The largest absolute Gasteiger partial charge is 0.492 e. The lowest BCUT2D eigenvalue weighted by atomic mass is 10.1. The maximum Gasteiger partial charge on any atom is 0.225 e. The van der Waals surface area contributed by atoms with Gasteiger partial charge in [0.15, 0.2) is 17.4 Å². The van der Waals surface area contributed by atoms with E-state index in [1.807, 2.05) is 6.07 Å². The first kappa shape index (κ1) is 22.0. The molecule has 0 atom stereocenters. The molecule has 2 aliphatic carbocycles. The van der Waals surface area contributed by atoms with Crippen LogP contribution in [0, 0.1) is 5.92 Å². The Morgan fingerprint density at radius 1 is 1.18 bits per heavy atom. The Kier molecular flexibility index (Phi) is 5.95. The average molecular weight is 462 g/mol. The number of carbonyl (C=O) groups excluding carboxylic acids is 2. The number of rotatable bonds is 10. The van der Waals surface area contributed by atoms with Crippen molar-refractivity contribution in [1.82, 2.24) is 25.0 Å². The molecular weight excluding hydrogens is 434 g/mol. The van der Waals surface area contributed by atoms with Gasteiger partial charge in [-0.1, -0.05) is 6.92 Å². The number of nitrogens with one attached hydrogen (secondary N) is 2. The van der Waals surface area contributed by atoms with Gasteiger partial charge in [-0.15, -0.1) is 0 Å². The Balaban J connectivity index is 1.46. The first-order valence-corrected chi connectivity index (χ1v) is 11.6. The average Bonchev–Trinajstić information content (AvgIpc) is 3.78. The van der Waals surface area contributed by atoms with Crippen LogP contribution in [0.3, 0.4) is 0 Å². The molecule has 0 radical (unpaired) electrons. The molecule has 10 heteroatoms. The number of hydrogen-bond donors (Lipinski definition) is 2. The molecule has 0 aromatic carbocycles. The third-order valence-electron chi connectivity index (χ3n) is 5.98. The molecule has 176 valence electrons. The van der Waals surface area contributed by atoms with Crippen molar-refractivity contribution >= 4 is 29.0 Å². The van der Waals surface area contributed by atoms with Gasteiger partial charge >= 0.3 is 0 Å². The van der Waals surface area contributed by atoms with Gasteiger partial charge in [-0.3, -0.25) is 9.59 Å². The summed E-state index contributed by atoms with van der Waals surface area (Å²) in [6, 6.07) is 3.84. The molecule has 2 N–H and O–H groups in total. The van der Waals surface area contributed by atoms with Crippen LogP contribution in [0.15, 0.2) is 30.7 Å². The number of aromatic nitrogens is 5. The number of ether oxygens (including phenoxy) is 1. The van der Waals surface area contributed by atoms with Crippen molar-refractivity contribution < 1.29 is 14.3 Å². The van der Waals surface area contributed by atoms with Gasteiger partial charge in [0.1, 0.15) is 11.5 Å². The first-order valence-electron chi connectivity index (χ1n) is 11.6. The number of carbonyl (C=O) groups is 2. The molecule has 10 nitrogen and oxygen atoms in total. The number of amides is 1. The summed E-state index contributed by atoms with van der Waals surface area (Å²) < 4.78 is 5.69. The summed E-state index contributed by atoms with van der Waals surface area (Å²) in [6.45, 7) is 1.79. The fraction of sp³-hybridized carbons (Fsp3) is 0.417. The normalized spacial score (nSPS) is 15.1. The Morgan fingerprint density at radius 2 is 2.00 bits per heavy atom. The molecule has 0 saturated heterocycles. The summed E-state index contributed by atoms with van der Waals surface area (Å²) in [5.74, 6) is 1.60. The zero-order valence-electron chi connectivity index (χ0n) is 19.2. The van der Waals surface area contributed by atoms with Gasteiger partial charge in [0, 0.05) is 31.3 Å². The summed E-state index contributed by atoms with van der Waals surface area (Å²) in [6.07, 6.45) is 10.0. The van der Waals surface area contributed by atoms with Gasteiger partial charge in [0.2, 0.25) is 5.91 Å². The number of ketones is 1. The van der Waals surface area contributed by atoms with Crippen LogP contribution in [0.5, 0.6) is 5.75 Å². The summed E-state index contributed by atoms with van der Waals surface area (Å²) >= 11 is 0. The second kappa shape index (κ2) is 9.20. The first-order chi connectivity index (χ1) is 16.6. The molecule has 3 aromatic rings. The van der Waals surface area contributed by atoms with Crippen LogP contribution in [0.25, 0.3) is 11.3 Å². The Hall–Kier alpha value is -3.82.